The van der Waals surface area contributed by atoms with Crippen LogP contribution in [0.4, 0.5) is 0 Å². The number of hydrogen-bond donors (Lipinski definition) is 0. The number of benzene rings is 2. The highest BCUT2D eigenvalue weighted by Crippen LogP contribution is 2.23. The smallest absolute Gasteiger partial charge is 0.284 e. The Morgan fingerprint density at radius 1 is 1.12 bits per heavy atom. The second kappa shape index (κ2) is 6.48. The third-order valence-corrected chi connectivity index (χ3v) is 4.24. The van der Waals surface area contributed by atoms with E-state index in [4.69, 9.17) is 4.74 Å². The lowest BCUT2D eigenvalue weighted by molar-refractivity contribution is 0.0818. The highest BCUT2D eigenvalue weighted by Gasteiger charge is 2.18. The van der Waals surface area contributed by atoms with Crippen LogP contribution in [0.5, 0.6) is 5.75 Å². The predicted molar refractivity (Wildman–Crippen MR) is 95.9 cm³/mol. The summed E-state index contributed by atoms with van der Waals surface area (Å²) in [7, 11) is 0. The van der Waals surface area contributed by atoms with Gasteiger partial charge in [0.1, 0.15) is 5.75 Å². The van der Waals surface area contributed by atoms with Crippen molar-refractivity contribution in [3.63, 3.8) is 0 Å². The van der Waals surface area contributed by atoms with Crippen molar-refractivity contribution in [3.8, 4) is 5.75 Å². The van der Waals surface area contributed by atoms with Gasteiger partial charge in [0.2, 0.25) is 0 Å². The molecular weight excluding hydrogens is 300 g/mol. The first kappa shape index (κ1) is 16.2. The van der Waals surface area contributed by atoms with Crippen molar-refractivity contribution < 1.29 is 9.53 Å². The molecule has 1 heterocycles. The monoisotopic (exact) mass is 322 g/mol. The summed E-state index contributed by atoms with van der Waals surface area (Å²) in [6.45, 7) is 8.06. The summed E-state index contributed by atoms with van der Waals surface area (Å²) in [6.07, 6.45) is 0. The molecule has 124 valence electrons. The number of hydrogen-bond acceptors (Lipinski definition) is 3. The van der Waals surface area contributed by atoms with E-state index in [1.165, 1.54) is 4.68 Å². The molecule has 24 heavy (non-hydrogen) atoms. The van der Waals surface area contributed by atoms with Gasteiger partial charge in [-0.15, -0.1) is 0 Å². The van der Waals surface area contributed by atoms with Crippen LogP contribution < -0.4 is 4.74 Å². The van der Waals surface area contributed by atoms with Gasteiger partial charge in [-0.05, 0) is 48.2 Å². The van der Waals surface area contributed by atoms with Crippen LogP contribution in [0.1, 0.15) is 41.5 Å². The van der Waals surface area contributed by atoms with Crippen molar-refractivity contribution >= 4 is 16.7 Å². The zero-order valence-corrected chi connectivity index (χ0v) is 14.5. The molecule has 3 rings (SSSR count). The zero-order chi connectivity index (χ0) is 17.3. The number of aryl methyl sites for hydroxylation is 1. The van der Waals surface area contributed by atoms with E-state index < -0.39 is 0 Å². The molecule has 0 aliphatic rings. The molecule has 3 aromatic rings. The molecule has 0 unspecified atom stereocenters. The highest BCUT2D eigenvalue weighted by molar-refractivity contribution is 5.84. The second-order valence-electron chi connectivity index (χ2n) is 6.34. The van der Waals surface area contributed by atoms with E-state index in [-0.39, 0.29) is 12.5 Å². The fourth-order valence-corrected chi connectivity index (χ4v) is 3.20. The minimum Gasteiger partial charge on any atom is -0.484 e. The Morgan fingerprint density at radius 2 is 1.83 bits per heavy atom. The highest BCUT2D eigenvalue weighted by atomic mass is 16.5. The molecule has 0 spiro atoms. The second-order valence-corrected chi connectivity index (χ2v) is 6.34. The zero-order valence-electron chi connectivity index (χ0n) is 14.5. The fourth-order valence-electron chi connectivity index (χ4n) is 3.20. The summed E-state index contributed by atoms with van der Waals surface area (Å²) in [5.74, 6) is 0.872. The summed E-state index contributed by atoms with van der Waals surface area (Å²) in [5, 5.41) is 6.62. The normalized spacial score (nSPS) is 11.2. The predicted octanol–water partition coefficient (Wildman–Crippen LogP) is 4.50. The minimum absolute atomic E-state index is 0.0299. The SMILES string of the molecule is Cc1nn(C(=O)COc2ccc3ccccc3c2)c(C)c1C(C)C. The average molecular weight is 322 g/mol. The molecule has 4 nitrogen and oxygen atoms in total. The number of rotatable bonds is 4. The van der Waals surface area contributed by atoms with Gasteiger partial charge in [0, 0.05) is 5.69 Å². The molecule has 0 amide bonds. The molecule has 0 atom stereocenters. The van der Waals surface area contributed by atoms with Gasteiger partial charge in [-0.1, -0.05) is 44.2 Å². The van der Waals surface area contributed by atoms with Gasteiger partial charge in [0.25, 0.3) is 5.91 Å². The molecule has 4 heteroatoms. The number of carbonyl (C=O) groups is 1. The molecule has 0 saturated heterocycles. The van der Waals surface area contributed by atoms with Crippen LogP contribution in [-0.4, -0.2) is 22.3 Å². The van der Waals surface area contributed by atoms with E-state index in [0.717, 1.165) is 27.7 Å². The maximum atomic E-state index is 12.5. The maximum absolute atomic E-state index is 12.5. The Morgan fingerprint density at radius 3 is 2.50 bits per heavy atom. The molecule has 0 fully saturated rings. The topological polar surface area (TPSA) is 44.1 Å². The van der Waals surface area contributed by atoms with Crippen LogP contribution in [0.3, 0.4) is 0 Å². The van der Waals surface area contributed by atoms with Gasteiger partial charge in [-0.25, -0.2) is 4.68 Å². The molecule has 0 bridgehead atoms. The Labute approximate surface area is 142 Å². The molecule has 2 aromatic carbocycles. The maximum Gasteiger partial charge on any atom is 0.284 e. The van der Waals surface area contributed by atoms with Crippen molar-refractivity contribution in [1.29, 1.82) is 0 Å². The Bertz CT molecular complexity index is 894. The molecule has 0 radical (unpaired) electrons. The van der Waals surface area contributed by atoms with E-state index in [1.54, 1.807) is 0 Å². The Kier molecular flexibility index (Phi) is 4.38. The standard InChI is InChI=1S/C20H22N2O2/c1-13(2)20-14(3)21-22(15(20)4)19(23)12-24-18-10-9-16-7-5-6-8-17(16)11-18/h5-11,13H,12H2,1-4H3. The van der Waals surface area contributed by atoms with Crippen molar-refractivity contribution in [2.45, 2.75) is 33.6 Å². The minimum atomic E-state index is -0.157. The molecule has 0 aliphatic heterocycles. The first-order valence-electron chi connectivity index (χ1n) is 8.18. The molecule has 0 aliphatic carbocycles. The van der Waals surface area contributed by atoms with Crippen LogP contribution in [0, 0.1) is 13.8 Å². The third-order valence-electron chi connectivity index (χ3n) is 4.24. The number of ether oxygens (including phenoxy) is 1. The van der Waals surface area contributed by atoms with Crippen molar-refractivity contribution in [3.05, 3.63) is 59.4 Å². The van der Waals surface area contributed by atoms with E-state index in [0.29, 0.717) is 11.7 Å². The Hall–Kier alpha value is -2.62. The molecule has 1 aromatic heterocycles. The first-order chi connectivity index (χ1) is 11.5. The lowest BCUT2D eigenvalue weighted by Gasteiger charge is -2.09. The number of aromatic nitrogens is 2. The summed E-state index contributed by atoms with van der Waals surface area (Å²) in [4.78, 5) is 12.5. The lowest BCUT2D eigenvalue weighted by atomic mass is 10.0. The summed E-state index contributed by atoms with van der Waals surface area (Å²) < 4.78 is 7.15. The van der Waals surface area contributed by atoms with Gasteiger partial charge in [0.15, 0.2) is 6.61 Å². The van der Waals surface area contributed by atoms with Crippen molar-refractivity contribution in [2.75, 3.05) is 6.61 Å². The summed E-state index contributed by atoms with van der Waals surface area (Å²) >= 11 is 0. The summed E-state index contributed by atoms with van der Waals surface area (Å²) in [6, 6.07) is 13.9. The van der Waals surface area contributed by atoms with Crippen LogP contribution in [-0.2, 0) is 0 Å². The first-order valence-corrected chi connectivity index (χ1v) is 8.18. The van der Waals surface area contributed by atoms with Crippen molar-refractivity contribution in [1.82, 2.24) is 9.78 Å². The van der Waals surface area contributed by atoms with Gasteiger partial charge in [-0.3, -0.25) is 4.79 Å². The molecule has 0 N–H and O–H groups in total. The van der Waals surface area contributed by atoms with Crippen LogP contribution in [0.25, 0.3) is 10.8 Å². The van der Waals surface area contributed by atoms with E-state index >= 15 is 0 Å². The van der Waals surface area contributed by atoms with Crippen molar-refractivity contribution in [2.24, 2.45) is 0 Å². The quantitative estimate of drug-likeness (QED) is 0.710. The van der Waals surface area contributed by atoms with E-state index in [2.05, 4.69) is 18.9 Å². The van der Waals surface area contributed by atoms with Gasteiger partial charge in [0.05, 0.1) is 5.69 Å². The molecule has 0 saturated carbocycles. The van der Waals surface area contributed by atoms with E-state index in [9.17, 15) is 4.79 Å². The van der Waals surface area contributed by atoms with E-state index in [1.807, 2.05) is 56.3 Å². The number of fused-ring (bicyclic) bond motifs is 1. The van der Waals surface area contributed by atoms with Gasteiger partial charge < -0.3 is 4.74 Å². The lowest BCUT2D eigenvalue weighted by Crippen LogP contribution is -2.21. The van der Waals surface area contributed by atoms with Crippen LogP contribution in [0.2, 0.25) is 0 Å². The van der Waals surface area contributed by atoms with Crippen LogP contribution in [0.15, 0.2) is 42.5 Å². The summed E-state index contributed by atoms with van der Waals surface area (Å²) in [5.41, 5.74) is 2.94. The average Bonchev–Trinajstić information content (AvgIpc) is 2.87. The number of carbonyl (C=O) groups excluding carboxylic acids is 1. The Balaban J connectivity index is 1.76. The van der Waals surface area contributed by atoms with Crippen LogP contribution >= 0.6 is 0 Å². The van der Waals surface area contributed by atoms with Gasteiger partial charge >= 0.3 is 0 Å². The molecular formula is C20H22N2O2. The van der Waals surface area contributed by atoms with Gasteiger partial charge in [-0.2, -0.15) is 5.10 Å². The number of nitrogens with zero attached hydrogens (tertiary/aromatic N) is 2. The fraction of sp³-hybridized carbons (Fsp3) is 0.300. The third kappa shape index (κ3) is 3.04. The largest absolute Gasteiger partial charge is 0.484 e.